The van der Waals surface area contributed by atoms with Gasteiger partial charge in [0, 0.05) is 23.7 Å². The minimum absolute atomic E-state index is 0.108. The Kier molecular flexibility index (Phi) is 5.84. The molecule has 1 heterocycles. The number of aryl methyl sites for hydroxylation is 1. The second-order valence-electron chi connectivity index (χ2n) is 6.28. The minimum Gasteiger partial charge on any atom is -0.326 e. The van der Waals surface area contributed by atoms with Crippen LogP contribution in [0.25, 0.3) is 0 Å². The van der Waals surface area contributed by atoms with Crippen molar-refractivity contribution in [1.82, 2.24) is 0 Å². The molecule has 138 valence electrons. The van der Waals surface area contributed by atoms with Gasteiger partial charge in [0.05, 0.1) is 11.4 Å². The number of amides is 1. The van der Waals surface area contributed by atoms with Crippen molar-refractivity contribution in [2.45, 2.75) is 25.7 Å². The van der Waals surface area contributed by atoms with E-state index in [-0.39, 0.29) is 11.7 Å². The van der Waals surface area contributed by atoms with Crippen molar-refractivity contribution in [2.24, 2.45) is 0 Å². The SMILES string of the molecule is O=C(CCc1ccccc1Cl)Nc1ccc(N2CCCCS2(=O)=O)cc1. The van der Waals surface area contributed by atoms with Gasteiger partial charge < -0.3 is 5.32 Å². The van der Waals surface area contributed by atoms with Crippen LogP contribution in [0.15, 0.2) is 48.5 Å². The molecule has 1 aliphatic rings. The van der Waals surface area contributed by atoms with Gasteiger partial charge in [-0.05, 0) is 55.2 Å². The van der Waals surface area contributed by atoms with E-state index in [1.54, 1.807) is 24.3 Å². The lowest BCUT2D eigenvalue weighted by molar-refractivity contribution is -0.116. The largest absolute Gasteiger partial charge is 0.326 e. The highest BCUT2D eigenvalue weighted by Gasteiger charge is 2.25. The maximum Gasteiger partial charge on any atom is 0.235 e. The van der Waals surface area contributed by atoms with Gasteiger partial charge in [-0.2, -0.15) is 0 Å². The van der Waals surface area contributed by atoms with Crippen LogP contribution in [0, 0.1) is 0 Å². The van der Waals surface area contributed by atoms with Gasteiger partial charge in [0.2, 0.25) is 15.9 Å². The maximum atomic E-state index is 12.1. The molecule has 1 fully saturated rings. The van der Waals surface area contributed by atoms with Gasteiger partial charge in [0.15, 0.2) is 0 Å². The number of benzene rings is 2. The molecule has 0 aromatic heterocycles. The average Bonchev–Trinajstić information content (AvgIpc) is 2.62. The number of hydrogen-bond donors (Lipinski definition) is 1. The Balaban J connectivity index is 1.59. The molecule has 0 spiro atoms. The first-order valence-corrected chi connectivity index (χ1v) is 10.6. The van der Waals surface area contributed by atoms with E-state index in [0.717, 1.165) is 12.0 Å². The molecule has 1 N–H and O–H groups in total. The zero-order valence-electron chi connectivity index (χ0n) is 14.3. The monoisotopic (exact) mass is 392 g/mol. The molecule has 0 aliphatic carbocycles. The fraction of sp³-hybridized carbons (Fsp3) is 0.316. The Hall–Kier alpha value is -2.05. The molecule has 7 heteroatoms. The third kappa shape index (κ3) is 4.56. The zero-order valence-corrected chi connectivity index (χ0v) is 15.9. The molecule has 26 heavy (non-hydrogen) atoms. The summed E-state index contributed by atoms with van der Waals surface area (Å²) in [6.45, 7) is 0.506. The van der Waals surface area contributed by atoms with Crippen LogP contribution in [-0.4, -0.2) is 26.6 Å². The third-order valence-electron chi connectivity index (χ3n) is 4.37. The van der Waals surface area contributed by atoms with Crippen LogP contribution in [0.5, 0.6) is 0 Å². The van der Waals surface area contributed by atoms with Gasteiger partial charge in [-0.25, -0.2) is 8.42 Å². The molecule has 0 radical (unpaired) electrons. The maximum absolute atomic E-state index is 12.1. The van der Waals surface area contributed by atoms with E-state index in [2.05, 4.69) is 5.32 Å². The highest BCUT2D eigenvalue weighted by molar-refractivity contribution is 7.92. The Morgan fingerprint density at radius 3 is 2.50 bits per heavy atom. The number of halogens is 1. The molecule has 2 aromatic carbocycles. The van der Waals surface area contributed by atoms with E-state index in [1.165, 1.54) is 4.31 Å². The van der Waals surface area contributed by atoms with E-state index in [1.807, 2.05) is 24.3 Å². The zero-order chi connectivity index (χ0) is 18.6. The van der Waals surface area contributed by atoms with Crippen molar-refractivity contribution in [1.29, 1.82) is 0 Å². The van der Waals surface area contributed by atoms with Crippen molar-refractivity contribution in [3.8, 4) is 0 Å². The Labute approximate surface area is 159 Å². The van der Waals surface area contributed by atoms with Crippen LogP contribution >= 0.6 is 11.6 Å². The van der Waals surface area contributed by atoms with Crippen LogP contribution < -0.4 is 9.62 Å². The summed E-state index contributed by atoms with van der Waals surface area (Å²) in [4.78, 5) is 12.1. The van der Waals surface area contributed by atoms with Crippen molar-refractivity contribution < 1.29 is 13.2 Å². The Bertz CT molecular complexity index is 882. The summed E-state index contributed by atoms with van der Waals surface area (Å²) < 4.78 is 25.7. The van der Waals surface area contributed by atoms with Gasteiger partial charge >= 0.3 is 0 Å². The topological polar surface area (TPSA) is 66.5 Å². The van der Waals surface area contributed by atoms with E-state index in [0.29, 0.717) is 42.2 Å². The number of rotatable bonds is 5. The van der Waals surface area contributed by atoms with Crippen LogP contribution in [0.4, 0.5) is 11.4 Å². The molecule has 0 atom stereocenters. The van der Waals surface area contributed by atoms with Crippen LogP contribution in [-0.2, 0) is 21.2 Å². The predicted octanol–water partition coefficient (Wildman–Crippen LogP) is 3.84. The van der Waals surface area contributed by atoms with Crippen LogP contribution in [0.2, 0.25) is 5.02 Å². The Morgan fingerprint density at radius 1 is 1.08 bits per heavy atom. The fourth-order valence-electron chi connectivity index (χ4n) is 2.96. The number of nitrogens with one attached hydrogen (secondary N) is 1. The van der Waals surface area contributed by atoms with E-state index in [9.17, 15) is 13.2 Å². The van der Waals surface area contributed by atoms with Crippen molar-refractivity contribution in [2.75, 3.05) is 21.9 Å². The number of hydrogen-bond acceptors (Lipinski definition) is 3. The normalized spacial score (nSPS) is 16.3. The molecular formula is C19H21ClN2O3S. The van der Waals surface area contributed by atoms with Crippen molar-refractivity contribution >= 4 is 38.9 Å². The summed E-state index contributed by atoms with van der Waals surface area (Å²) in [5.41, 5.74) is 2.22. The average molecular weight is 393 g/mol. The van der Waals surface area contributed by atoms with Gasteiger partial charge in [0.25, 0.3) is 0 Å². The minimum atomic E-state index is -3.22. The van der Waals surface area contributed by atoms with E-state index < -0.39 is 10.0 Å². The number of nitrogens with zero attached hydrogens (tertiary/aromatic N) is 1. The molecule has 0 bridgehead atoms. The first-order chi connectivity index (χ1) is 12.5. The lowest BCUT2D eigenvalue weighted by Crippen LogP contribution is -2.37. The number of sulfonamides is 1. The predicted molar refractivity (Wildman–Crippen MR) is 105 cm³/mol. The van der Waals surface area contributed by atoms with Gasteiger partial charge in [0.1, 0.15) is 0 Å². The first kappa shape index (κ1) is 18.7. The standard InChI is InChI=1S/C19H21ClN2O3S/c20-18-6-2-1-5-15(18)7-12-19(23)21-16-8-10-17(11-9-16)22-13-3-4-14-26(22,24)25/h1-2,5-6,8-11H,3-4,7,12-14H2,(H,21,23). The Morgan fingerprint density at radius 2 is 1.81 bits per heavy atom. The summed E-state index contributed by atoms with van der Waals surface area (Å²) >= 11 is 6.10. The fourth-order valence-corrected chi connectivity index (χ4v) is 4.83. The smallest absolute Gasteiger partial charge is 0.235 e. The molecule has 5 nitrogen and oxygen atoms in total. The molecule has 0 saturated carbocycles. The molecular weight excluding hydrogens is 372 g/mol. The lowest BCUT2D eigenvalue weighted by atomic mass is 10.1. The summed E-state index contributed by atoms with van der Waals surface area (Å²) in [5, 5.41) is 3.49. The summed E-state index contributed by atoms with van der Waals surface area (Å²) in [6, 6.07) is 14.4. The molecule has 1 aliphatic heterocycles. The quantitative estimate of drug-likeness (QED) is 0.840. The lowest BCUT2D eigenvalue weighted by Gasteiger charge is -2.28. The number of carbonyl (C=O) groups is 1. The second kappa shape index (κ2) is 8.10. The van der Waals surface area contributed by atoms with Gasteiger partial charge in [-0.15, -0.1) is 0 Å². The van der Waals surface area contributed by atoms with E-state index in [4.69, 9.17) is 11.6 Å². The summed E-state index contributed by atoms with van der Waals surface area (Å²) in [5.74, 6) is 0.0799. The van der Waals surface area contributed by atoms with Crippen molar-refractivity contribution in [3.05, 3.63) is 59.1 Å². The number of anilines is 2. The molecule has 0 unspecified atom stereocenters. The van der Waals surface area contributed by atoms with Crippen LogP contribution in [0.1, 0.15) is 24.8 Å². The third-order valence-corrected chi connectivity index (χ3v) is 6.61. The molecule has 3 rings (SSSR count). The molecule has 1 amide bonds. The second-order valence-corrected chi connectivity index (χ2v) is 8.70. The summed E-state index contributed by atoms with van der Waals surface area (Å²) in [6.07, 6.45) is 2.46. The van der Waals surface area contributed by atoms with Gasteiger partial charge in [-0.1, -0.05) is 29.8 Å². The first-order valence-electron chi connectivity index (χ1n) is 8.59. The van der Waals surface area contributed by atoms with Gasteiger partial charge in [-0.3, -0.25) is 9.10 Å². The number of carbonyl (C=O) groups excluding carboxylic acids is 1. The highest BCUT2D eigenvalue weighted by atomic mass is 35.5. The molecule has 2 aromatic rings. The van der Waals surface area contributed by atoms with Crippen LogP contribution in [0.3, 0.4) is 0 Å². The summed E-state index contributed by atoms with van der Waals surface area (Å²) in [7, 11) is -3.22. The molecule has 1 saturated heterocycles. The highest BCUT2D eigenvalue weighted by Crippen LogP contribution is 2.25. The van der Waals surface area contributed by atoms with E-state index >= 15 is 0 Å². The van der Waals surface area contributed by atoms with Crippen molar-refractivity contribution in [3.63, 3.8) is 0 Å².